The topological polar surface area (TPSA) is 4.93 Å². The fourth-order valence-electron chi connectivity index (χ4n) is 7.60. The summed E-state index contributed by atoms with van der Waals surface area (Å²) in [7, 11) is 0. The Bertz CT molecular complexity index is 2050. The number of nitrogens with zero attached hydrogens (tertiary/aromatic N) is 1. The van der Waals surface area contributed by atoms with Gasteiger partial charge in [0.05, 0.1) is 16.9 Å². The smallest absolute Gasteiger partial charge is 0.0940 e. The van der Waals surface area contributed by atoms with Gasteiger partial charge in [0.15, 0.2) is 0 Å². The highest BCUT2D eigenvalue weighted by Crippen LogP contribution is 2.61. The van der Waals surface area contributed by atoms with E-state index in [9.17, 15) is 0 Å². The molecule has 0 saturated heterocycles. The molecular weight excluding hydrogens is 541 g/mol. The van der Waals surface area contributed by atoms with Crippen molar-refractivity contribution in [3.8, 4) is 44.8 Å². The van der Waals surface area contributed by atoms with E-state index in [1.165, 1.54) is 66.3 Å². The van der Waals surface area contributed by atoms with Gasteiger partial charge in [-0.2, -0.15) is 0 Å². The quantitative estimate of drug-likeness (QED) is 0.197. The van der Waals surface area contributed by atoms with Gasteiger partial charge in [-0.1, -0.05) is 120 Å². The second-order valence-electron chi connectivity index (χ2n) is 11.3. The average molecular weight is 565 g/mol. The highest BCUT2D eigenvalue weighted by atomic mass is 35.5. The minimum atomic E-state index is -0.418. The van der Waals surface area contributed by atoms with Crippen molar-refractivity contribution in [1.29, 1.82) is 0 Å². The standard InChI is InChI=1S/C38H23Cl2N/c1-38-30-12-4-8-22-6-2-10-28(32(22)30)36-34(24-14-18-26(39)19-15-24)35(25-16-20-27(40)21-17-25)37(41(36)38)29-11-3-7-23-9-5-13-31(38)33(23)29/h2-21H,1H3. The molecule has 1 aromatic heterocycles. The van der Waals surface area contributed by atoms with Gasteiger partial charge < -0.3 is 4.57 Å². The summed E-state index contributed by atoms with van der Waals surface area (Å²) in [5.41, 5.74) is 12.0. The van der Waals surface area contributed by atoms with Crippen molar-refractivity contribution in [2.75, 3.05) is 0 Å². The van der Waals surface area contributed by atoms with Crippen LogP contribution >= 0.6 is 23.2 Å². The number of fused-ring (bicyclic) bond motifs is 4. The molecule has 0 amide bonds. The molecule has 0 N–H and O–H groups in total. The Hall–Kier alpha value is -4.30. The molecule has 9 rings (SSSR count). The van der Waals surface area contributed by atoms with Crippen molar-refractivity contribution in [3.05, 3.63) is 142 Å². The Balaban J connectivity index is 1.59. The van der Waals surface area contributed by atoms with Crippen LogP contribution in [0.15, 0.2) is 121 Å². The molecule has 0 bridgehead atoms. The predicted molar refractivity (Wildman–Crippen MR) is 173 cm³/mol. The SMILES string of the molecule is CC12c3cccc4cccc(c34)-c3c(-c4ccc(Cl)cc4)c(-c4ccc(Cl)cc4)c(n31)-c1cccc3cccc2c13. The Morgan fingerprint density at radius 1 is 0.488 bits per heavy atom. The van der Waals surface area contributed by atoms with Gasteiger partial charge in [-0.05, 0) is 75.0 Å². The van der Waals surface area contributed by atoms with Crippen LogP contribution in [0.3, 0.4) is 0 Å². The third kappa shape index (κ3) is 2.93. The number of hydrogen-bond acceptors (Lipinski definition) is 0. The molecular formula is C38H23Cl2N. The van der Waals surface area contributed by atoms with E-state index < -0.39 is 5.54 Å². The molecule has 1 nitrogen and oxygen atoms in total. The Labute approximate surface area is 248 Å². The van der Waals surface area contributed by atoms with Gasteiger partial charge in [-0.25, -0.2) is 0 Å². The van der Waals surface area contributed by atoms with Crippen LogP contribution in [-0.2, 0) is 5.54 Å². The predicted octanol–water partition coefficient (Wildman–Crippen LogP) is 11.2. The van der Waals surface area contributed by atoms with Crippen molar-refractivity contribution in [3.63, 3.8) is 0 Å². The second-order valence-corrected chi connectivity index (χ2v) is 12.2. The van der Waals surface area contributed by atoms with Crippen LogP contribution in [0.1, 0.15) is 18.1 Å². The molecule has 0 saturated carbocycles. The first-order valence-corrected chi connectivity index (χ1v) is 14.7. The third-order valence-corrected chi connectivity index (χ3v) is 9.76. The van der Waals surface area contributed by atoms with E-state index in [2.05, 4.69) is 109 Å². The summed E-state index contributed by atoms with van der Waals surface area (Å²) in [5.74, 6) is 0. The molecule has 3 heterocycles. The van der Waals surface area contributed by atoms with E-state index in [0.717, 1.165) is 21.2 Å². The highest BCUT2D eigenvalue weighted by molar-refractivity contribution is 6.31. The Morgan fingerprint density at radius 2 is 0.878 bits per heavy atom. The molecule has 2 aliphatic heterocycles. The zero-order valence-corrected chi connectivity index (χ0v) is 23.8. The van der Waals surface area contributed by atoms with Gasteiger partial charge >= 0.3 is 0 Å². The van der Waals surface area contributed by atoms with Gasteiger partial charge in [0.2, 0.25) is 0 Å². The lowest BCUT2D eigenvalue weighted by molar-refractivity contribution is 0.487. The molecule has 194 valence electrons. The third-order valence-electron chi connectivity index (χ3n) is 9.25. The van der Waals surface area contributed by atoms with E-state index in [-0.39, 0.29) is 0 Å². The molecule has 0 atom stereocenters. The van der Waals surface area contributed by atoms with Crippen molar-refractivity contribution in [2.45, 2.75) is 12.5 Å². The Kier molecular flexibility index (Phi) is 4.64. The number of rotatable bonds is 2. The second kappa shape index (κ2) is 8.13. The summed E-state index contributed by atoms with van der Waals surface area (Å²) >= 11 is 12.9. The molecule has 0 fully saturated rings. The van der Waals surface area contributed by atoms with Crippen LogP contribution in [0.5, 0.6) is 0 Å². The molecule has 41 heavy (non-hydrogen) atoms. The lowest BCUT2D eigenvalue weighted by Gasteiger charge is -2.44. The summed E-state index contributed by atoms with van der Waals surface area (Å²) in [6, 6.07) is 43.6. The van der Waals surface area contributed by atoms with Gasteiger partial charge in [0, 0.05) is 32.3 Å². The molecule has 0 spiro atoms. The zero-order valence-electron chi connectivity index (χ0n) is 22.3. The lowest BCUT2D eigenvalue weighted by atomic mass is 9.73. The van der Waals surface area contributed by atoms with Crippen molar-refractivity contribution >= 4 is 44.7 Å². The largest absolute Gasteiger partial charge is 0.325 e. The van der Waals surface area contributed by atoms with Gasteiger partial charge in [0.1, 0.15) is 0 Å². The summed E-state index contributed by atoms with van der Waals surface area (Å²) in [6.07, 6.45) is 0. The number of benzene rings is 6. The molecule has 6 aromatic carbocycles. The fraction of sp³-hybridized carbons (Fsp3) is 0.0526. The van der Waals surface area contributed by atoms with Crippen LogP contribution in [0.4, 0.5) is 0 Å². The minimum Gasteiger partial charge on any atom is -0.325 e. The van der Waals surface area contributed by atoms with Crippen LogP contribution in [0.2, 0.25) is 10.0 Å². The van der Waals surface area contributed by atoms with Crippen LogP contribution in [-0.4, -0.2) is 4.57 Å². The van der Waals surface area contributed by atoms with Crippen molar-refractivity contribution in [2.24, 2.45) is 0 Å². The summed E-state index contributed by atoms with van der Waals surface area (Å²) < 4.78 is 2.63. The zero-order chi connectivity index (χ0) is 27.5. The van der Waals surface area contributed by atoms with Crippen LogP contribution < -0.4 is 0 Å². The maximum Gasteiger partial charge on any atom is 0.0940 e. The molecule has 0 aliphatic carbocycles. The Morgan fingerprint density at radius 3 is 1.29 bits per heavy atom. The number of hydrogen-bond donors (Lipinski definition) is 0. The number of halogens is 2. The summed E-state index contributed by atoms with van der Waals surface area (Å²) in [4.78, 5) is 0. The molecule has 0 radical (unpaired) electrons. The van der Waals surface area contributed by atoms with E-state index in [0.29, 0.717) is 0 Å². The van der Waals surface area contributed by atoms with E-state index in [1.807, 2.05) is 24.3 Å². The number of aromatic nitrogens is 1. The highest BCUT2D eigenvalue weighted by Gasteiger charge is 2.46. The monoisotopic (exact) mass is 563 g/mol. The van der Waals surface area contributed by atoms with Crippen molar-refractivity contribution < 1.29 is 0 Å². The molecule has 7 aromatic rings. The maximum absolute atomic E-state index is 6.43. The molecule has 0 unspecified atom stereocenters. The molecule has 2 aliphatic rings. The maximum atomic E-state index is 6.43. The van der Waals surface area contributed by atoms with E-state index in [1.54, 1.807) is 0 Å². The van der Waals surface area contributed by atoms with E-state index >= 15 is 0 Å². The van der Waals surface area contributed by atoms with Gasteiger partial charge in [-0.15, -0.1) is 0 Å². The first-order valence-electron chi connectivity index (χ1n) is 13.9. The van der Waals surface area contributed by atoms with Crippen LogP contribution in [0, 0.1) is 0 Å². The minimum absolute atomic E-state index is 0.418. The van der Waals surface area contributed by atoms with E-state index in [4.69, 9.17) is 23.2 Å². The summed E-state index contributed by atoms with van der Waals surface area (Å²) in [6.45, 7) is 2.41. The lowest BCUT2D eigenvalue weighted by Crippen LogP contribution is -2.38. The first kappa shape index (κ1) is 23.4. The summed E-state index contributed by atoms with van der Waals surface area (Å²) in [5, 5.41) is 6.63. The van der Waals surface area contributed by atoms with Gasteiger partial charge in [-0.3, -0.25) is 0 Å². The van der Waals surface area contributed by atoms with Gasteiger partial charge in [0.25, 0.3) is 0 Å². The normalized spacial score (nSPS) is 13.9. The first-order chi connectivity index (χ1) is 20.1. The van der Waals surface area contributed by atoms with Crippen molar-refractivity contribution in [1.82, 2.24) is 4.57 Å². The molecule has 3 heteroatoms. The average Bonchev–Trinajstić information content (AvgIpc) is 3.37. The fourth-order valence-corrected chi connectivity index (χ4v) is 7.85. The van der Waals surface area contributed by atoms with Crippen LogP contribution in [0.25, 0.3) is 66.3 Å².